The lowest BCUT2D eigenvalue weighted by molar-refractivity contribution is -0.119. The molecular formula is C20H26N4O2. The van der Waals surface area contributed by atoms with Crippen LogP contribution in [0.4, 0.5) is 17.1 Å². The first-order valence-corrected chi connectivity index (χ1v) is 8.80. The number of nitrogens with two attached hydrogens (primary N) is 1. The molecule has 1 amide bonds. The van der Waals surface area contributed by atoms with E-state index in [1.54, 1.807) is 12.0 Å². The molecule has 1 fully saturated rings. The van der Waals surface area contributed by atoms with Gasteiger partial charge in [-0.15, -0.1) is 0 Å². The zero-order valence-electron chi connectivity index (χ0n) is 15.4. The molecule has 0 unspecified atom stereocenters. The van der Waals surface area contributed by atoms with Crippen LogP contribution < -0.4 is 15.4 Å². The number of rotatable bonds is 5. The van der Waals surface area contributed by atoms with Crippen molar-refractivity contribution in [2.24, 2.45) is 0 Å². The molecule has 1 aliphatic heterocycles. The number of nitrogen functional groups attached to an aromatic ring is 1. The van der Waals surface area contributed by atoms with E-state index in [9.17, 15) is 4.79 Å². The van der Waals surface area contributed by atoms with E-state index in [0.29, 0.717) is 12.2 Å². The summed E-state index contributed by atoms with van der Waals surface area (Å²) in [5.41, 5.74) is 8.11. The SMILES string of the molecule is COc1ccc(N(C(=O)CN2CCN(C)CC2)c2ccc(N)cc2)cc1. The number of methoxy groups -OCH3 is 1. The van der Waals surface area contributed by atoms with E-state index < -0.39 is 0 Å². The molecule has 2 aromatic carbocycles. The molecule has 1 heterocycles. The Morgan fingerprint density at radius 1 is 1.00 bits per heavy atom. The Morgan fingerprint density at radius 3 is 2.08 bits per heavy atom. The minimum atomic E-state index is 0.0458. The second-order valence-corrected chi connectivity index (χ2v) is 6.60. The van der Waals surface area contributed by atoms with E-state index >= 15 is 0 Å². The van der Waals surface area contributed by atoms with Crippen molar-refractivity contribution in [3.8, 4) is 5.75 Å². The fourth-order valence-electron chi connectivity index (χ4n) is 3.06. The fourth-order valence-corrected chi connectivity index (χ4v) is 3.06. The molecular weight excluding hydrogens is 328 g/mol. The number of carbonyl (C=O) groups is 1. The first-order valence-electron chi connectivity index (χ1n) is 8.80. The highest BCUT2D eigenvalue weighted by molar-refractivity contribution is 6.01. The quantitative estimate of drug-likeness (QED) is 0.834. The number of hydrogen-bond acceptors (Lipinski definition) is 5. The Kier molecular flexibility index (Phi) is 5.75. The molecule has 26 heavy (non-hydrogen) atoms. The third-order valence-electron chi connectivity index (χ3n) is 4.69. The van der Waals surface area contributed by atoms with E-state index in [1.165, 1.54) is 0 Å². The second kappa shape index (κ2) is 8.21. The van der Waals surface area contributed by atoms with Gasteiger partial charge in [-0.2, -0.15) is 0 Å². The molecule has 3 rings (SSSR count). The maximum absolute atomic E-state index is 13.1. The summed E-state index contributed by atoms with van der Waals surface area (Å²) in [5, 5.41) is 0. The molecule has 2 aromatic rings. The van der Waals surface area contributed by atoms with Crippen LogP contribution in [0.25, 0.3) is 0 Å². The highest BCUT2D eigenvalue weighted by Gasteiger charge is 2.23. The van der Waals surface area contributed by atoms with Gasteiger partial charge in [0, 0.05) is 43.2 Å². The molecule has 0 atom stereocenters. The molecule has 138 valence electrons. The summed E-state index contributed by atoms with van der Waals surface area (Å²) in [5.74, 6) is 0.807. The van der Waals surface area contributed by atoms with Gasteiger partial charge in [0.2, 0.25) is 5.91 Å². The van der Waals surface area contributed by atoms with Crippen LogP contribution >= 0.6 is 0 Å². The second-order valence-electron chi connectivity index (χ2n) is 6.60. The molecule has 1 aliphatic rings. The maximum Gasteiger partial charge on any atom is 0.245 e. The molecule has 0 radical (unpaired) electrons. The third kappa shape index (κ3) is 4.33. The van der Waals surface area contributed by atoms with E-state index in [1.807, 2.05) is 48.5 Å². The van der Waals surface area contributed by atoms with E-state index in [-0.39, 0.29) is 5.91 Å². The Balaban J connectivity index is 1.84. The lowest BCUT2D eigenvalue weighted by atomic mass is 10.2. The Labute approximate surface area is 154 Å². The van der Waals surface area contributed by atoms with Crippen LogP contribution in [-0.2, 0) is 4.79 Å². The Hall–Kier alpha value is -2.57. The molecule has 6 heteroatoms. The number of nitrogens with zero attached hydrogens (tertiary/aromatic N) is 3. The minimum Gasteiger partial charge on any atom is -0.497 e. The summed E-state index contributed by atoms with van der Waals surface area (Å²) in [6, 6.07) is 14.9. The van der Waals surface area contributed by atoms with Crippen LogP contribution in [0.1, 0.15) is 0 Å². The van der Waals surface area contributed by atoms with Gasteiger partial charge < -0.3 is 15.4 Å². The van der Waals surface area contributed by atoms with Gasteiger partial charge in [0.25, 0.3) is 0 Å². The number of carbonyl (C=O) groups excluding carboxylic acids is 1. The lowest BCUT2D eigenvalue weighted by Gasteiger charge is -2.33. The topological polar surface area (TPSA) is 62.0 Å². The van der Waals surface area contributed by atoms with Gasteiger partial charge in [-0.25, -0.2) is 0 Å². The van der Waals surface area contributed by atoms with Gasteiger partial charge in [-0.3, -0.25) is 14.6 Å². The zero-order chi connectivity index (χ0) is 18.5. The van der Waals surface area contributed by atoms with Gasteiger partial charge in [0.1, 0.15) is 5.75 Å². The van der Waals surface area contributed by atoms with Crippen molar-refractivity contribution in [2.45, 2.75) is 0 Å². The minimum absolute atomic E-state index is 0.0458. The number of hydrogen-bond donors (Lipinski definition) is 1. The predicted octanol–water partition coefficient (Wildman–Crippen LogP) is 2.19. The van der Waals surface area contributed by atoms with Crippen LogP contribution in [0.5, 0.6) is 5.75 Å². The maximum atomic E-state index is 13.1. The van der Waals surface area contributed by atoms with Crippen LogP contribution in [0.15, 0.2) is 48.5 Å². The van der Waals surface area contributed by atoms with Gasteiger partial charge in [0.15, 0.2) is 0 Å². The number of amides is 1. The molecule has 1 saturated heterocycles. The zero-order valence-corrected chi connectivity index (χ0v) is 15.4. The lowest BCUT2D eigenvalue weighted by Crippen LogP contribution is -2.48. The van der Waals surface area contributed by atoms with Crippen molar-refractivity contribution in [2.75, 3.05) is 57.5 Å². The smallest absolute Gasteiger partial charge is 0.245 e. The summed E-state index contributed by atoms with van der Waals surface area (Å²) in [6.45, 7) is 4.17. The highest BCUT2D eigenvalue weighted by atomic mass is 16.5. The van der Waals surface area contributed by atoms with Crippen LogP contribution in [0.3, 0.4) is 0 Å². The van der Waals surface area contributed by atoms with E-state index in [4.69, 9.17) is 10.5 Å². The van der Waals surface area contributed by atoms with Crippen molar-refractivity contribution in [1.82, 2.24) is 9.80 Å². The Morgan fingerprint density at radius 2 is 1.54 bits per heavy atom. The van der Waals surface area contributed by atoms with E-state index in [2.05, 4.69) is 16.8 Å². The molecule has 0 aromatic heterocycles. The van der Waals surface area contributed by atoms with Crippen molar-refractivity contribution >= 4 is 23.0 Å². The van der Waals surface area contributed by atoms with Crippen molar-refractivity contribution in [1.29, 1.82) is 0 Å². The largest absolute Gasteiger partial charge is 0.497 e. The summed E-state index contributed by atoms with van der Waals surface area (Å²) in [7, 11) is 3.74. The Bertz CT molecular complexity index is 722. The number of benzene rings is 2. The number of likely N-dealkylation sites (N-methyl/N-ethyl adjacent to an activating group) is 1. The summed E-state index contributed by atoms with van der Waals surface area (Å²) in [4.78, 5) is 19.4. The summed E-state index contributed by atoms with van der Waals surface area (Å²) in [6.07, 6.45) is 0. The fraction of sp³-hybridized carbons (Fsp3) is 0.350. The van der Waals surface area contributed by atoms with Gasteiger partial charge >= 0.3 is 0 Å². The van der Waals surface area contributed by atoms with Crippen LogP contribution in [0.2, 0.25) is 0 Å². The van der Waals surface area contributed by atoms with Crippen molar-refractivity contribution in [3.05, 3.63) is 48.5 Å². The third-order valence-corrected chi connectivity index (χ3v) is 4.69. The first-order chi connectivity index (χ1) is 12.6. The predicted molar refractivity (Wildman–Crippen MR) is 105 cm³/mol. The van der Waals surface area contributed by atoms with Crippen LogP contribution in [-0.4, -0.2) is 62.6 Å². The molecule has 0 saturated carbocycles. The van der Waals surface area contributed by atoms with Gasteiger partial charge in [-0.05, 0) is 55.6 Å². The van der Waals surface area contributed by atoms with Gasteiger partial charge in [0.05, 0.1) is 13.7 Å². The average Bonchev–Trinajstić information content (AvgIpc) is 2.66. The standard InChI is InChI=1S/C20H26N4O2/c1-22-11-13-23(14-12-22)15-20(25)24(17-5-3-16(21)4-6-17)18-7-9-19(26-2)10-8-18/h3-10H,11-15,21H2,1-2H3. The van der Waals surface area contributed by atoms with Crippen molar-refractivity contribution in [3.63, 3.8) is 0 Å². The highest BCUT2D eigenvalue weighted by Crippen LogP contribution is 2.28. The summed E-state index contributed by atoms with van der Waals surface area (Å²) >= 11 is 0. The molecule has 0 bridgehead atoms. The number of ether oxygens (including phenoxy) is 1. The average molecular weight is 354 g/mol. The van der Waals surface area contributed by atoms with E-state index in [0.717, 1.165) is 43.3 Å². The molecule has 0 aliphatic carbocycles. The van der Waals surface area contributed by atoms with Crippen molar-refractivity contribution < 1.29 is 9.53 Å². The molecule has 2 N–H and O–H groups in total. The monoisotopic (exact) mass is 354 g/mol. The summed E-state index contributed by atoms with van der Waals surface area (Å²) < 4.78 is 5.23. The first kappa shape index (κ1) is 18.2. The normalized spacial score (nSPS) is 15.6. The number of piperazine rings is 1. The molecule has 6 nitrogen and oxygen atoms in total. The number of anilines is 3. The van der Waals surface area contributed by atoms with Gasteiger partial charge in [-0.1, -0.05) is 0 Å². The van der Waals surface area contributed by atoms with Crippen LogP contribution in [0, 0.1) is 0 Å². The molecule has 0 spiro atoms.